The number of hydrogen-bond acceptors (Lipinski definition) is 2. The summed E-state index contributed by atoms with van der Waals surface area (Å²) in [6, 6.07) is 0. The fourth-order valence-corrected chi connectivity index (χ4v) is 1.59. The van der Waals surface area contributed by atoms with Crippen molar-refractivity contribution in [3.63, 3.8) is 0 Å². The highest BCUT2D eigenvalue weighted by Gasteiger charge is 2.24. The van der Waals surface area contributed by atoms with Crippen LogP contribution >= 0.6 is 0 Å². The molecule has 94 valence electrons. The molecule has 0 spiro atoms. The predicted octanol–water partition coefficient (Wildman–Crippen LogP) is 1.36. The summed E-state index contributed by atoms with van der Waals surface area (Å²) in [5.41, 5.74) is 0. The molecular formula is C12H24N2O2. The van der Waals surface area contributed by atoms with Crippen LogP contribution in [0.3, 0.4) is 0 Å². The lowest BCUT2D eigenvalue weighted by Crippen LogP contribution is -2.38. The highest BCUT2D eigenvalue weighted by Crippen LogP contribution is 2.13. The zero-order valence-electron chi connectivity index (χ0n) is 11.1. The van der Waals surface area contributed by atoms with Crippen molar-refractivity contribution in [2.24, 2.45) is 5.92 Å². The first-order valence-electron chi connectivity index (χ1n) is 5.96. The molecular weight excluding hydrogens is 204 g/mol. The fraction of sp³-hybridized carbons (Fsp3) is 0.833. The van der Waals surface area contributed by atoms with Crippen LogP contribution in [0.15, 0.2) is 0 Å². The standard InChI is InChI=1S/C12H24N2O2/c1-6-10(9-11(15)13(4)5)12(16)14(7-2)8-3/h10H,6-9H2,1-5H3. The van der Waals surface area contributed by atoms with Gasteiger partial charge < -0.3 is 9.80 Å². The smallest absolute Gasteiger partial charge is 0.226 e. The Kier molecular flexibility index (Phi) is 6.77. The molecule has 0 aliphatic carbocycles. The van der Waals surface area contributed by atoms with E-state index in [1.165, 1.54) is 4.90 Å². The molecule has 0 aliphatic heterocycles. The molecule has 2 amide bonds. The lowest BCUT2D eigenvalue weighted by atomic mass is 10.00. The summed E-state index contributed by atoms with van der Waals surface area (Å²) < 4.78 is 0. The van der Waals surface area contributed by atoms with Crippen molar-refractivity contribution in [1.82, 2.24) is 9.80 Å². The van der Waals surface area contributed by atoms with E-state index >= 15 is 0 Å². The van der Waals surface area contributed by atoms with Crippen LogP contribution in [0, 0.1) is 5.92 Å². The maximum atomic E-state index is 12.0. The van der Waals surface area contributed by atoms with Gasteiger partial charge in [-0.05, 0) is 20.3 Å². The zero-order valence-corrected chi connectivity index (χ0v) is 11.1. The monoisotopic (exact) mass is 228 g/mol. The Morgan fingerprint density at radius 2 is 1.56 bits per heavy atom. The van der Waals surface area contributed by atoms with Gasteiger partial charge in [0.25, 0.3) is 0 Å². The molecule has 0 aromatic heterocycles. The van der Waals surface area contributed by atoms with Crippen LogP contribution in [0.4, 0.5) is 0 Å². The minimum atomic E-state index is -0.171. The van der Waals surface area contributed by atoms with Gasteiger partial charge in [-0.15, -0.1) is 0 Å². The van der Waals surface area contributed by atoms with E-state index in [0.717, 1.165) is 6.42 Å². The van der Waals surface area contributed by atoms with Crippen LogP contribution in [0.25, 0.3) is 0 Å². The van der Waals surface area contributed by atoms with E-state index in [1.54, 1.807) is 19.0 Å². The third-order valence-electron chi connectivity index (χ3n) is 2.84. The summed E-state index contributed by atoms with van der Waals surface area (Å²) in [6.07, 6.45) is 1.04. The summed E-state index contributed by atoms with van der Waals surface area (Å²) >= 11 is 0. The van der Waals surface area contributed by atoms with Gasteiger partial charge in [0, 0.05) is 39.5 Å². The second-order valence-corrected chi connectivity index (χ2v) is 4.11. The summed E-state index contributed by atoms with van der Waals surface area (Å²) in [4.78, 5) is 26.9. The molecule has 1 atom stereocenters. The van der Waals surface area contributed by atoms with E-state index < -0.39 is 0 Å². The summed E-state index contributed by atoms with van der Waals surface area (Å²) in [5.74, 6) is -0.0511. The van der Waals surface area contributed by atoms with Gasteiger partial charge >= 0.3 is 0 Å². The Balaban J connectivity index is 4.48. The van der Waals surface area contributed by atoms with Crippen molar-refractivity contribution in [2.45, 2.75) is 33.6 Å². The van der Waals surface area contributed by atoms with Crippen molar-refractivity contribution in [3.8, 4) is 0 Å². The van der Waals surface area contributed by atoms with E-state index in [2.05, 4.69) is 0 Å². The molecule has 0 aromatic carbocycles. The number of carbonyl (C=O) groups is 2. The van der Waals surface area contributed by atoms with Gasteiger partial charge in [-0.25, -0.2) is 0 Å². The molecule has 0 fully saturated rings. The minimum absolute atomic E-state index is 0.0207. The van der Waals surface area contributed by atoms with Crippen molar-refractivity contribution in [2.75, 3.05) is 27.2 Å². The number of hydrogen-bond donors (Lipinski definition) is 0. The van der Waals surface area contributed by atoms with Crippen molar-refractivity contribution in [3.05, 3.63) is 0 Å². The normalized spacial score (nSPS) is 12.1. The lowest BCUT2D eigenvalue weighted by Gasteiger charge is -2.24. The lowest BCUT2D eigenvalue weighted by molar-refractivity contribution is -0.140. The van der Waals surface area contributed by atoms with Crippen LogP contribution in [0.2, 0.25) is 0 Å². The number of carbonyl (C=O) groups excluding carboxylic acids is 2. The third-order valence-corrected chi connectivity index (χ3v) is 2.84. The summed E-state index contributed by atoms with van der Waals surface area (Å²) in [7, 11) is 3.44. The van der Waals surface area contributed by atoms with Gasteiger partial charge in [-0.2, -0.15) is 0 Å². The third kappa shape index (κ3) is 4.21. The van der Waals surface area contributed by atoms with Crippen LogP contribution in [0.1, 0.15) is 33.6 Å². The van der Waals surface area contributed by atoms with Gasteiger partial charge in [0.1, 0.15) is 0 Å². The Hall–Kier alpha value is -1.06. The molecule has 0 saturated heterocycles. The first-order valence-corrected chi connectivity index (χ1v) is 5.96. The van der Waals surface area contributed by atoms with E-state index in [1.807, 2.05) is 20.8 Å². The van der Waals surface area contributed by atoms with Gasteiger partial charge in [0.2, 0.25) is 11.8 Å². The molecule has 0 radical (unpaired) electrons. The van der Waals surface area contributed by atoms with Gasteiger partial charge in [-0.1, -0.05) is 6.92 Å². The zero-order chi connectivity index (χ0) is 12.7. The summed E-state index contributed by atoms with van der Waals surface area (Å²) in [5, 5.41) is 0. The maximum Gasteiger partial charge on any atom is 0.226 e. The minimum Gasteiger partial charge on any atom is -0.349 e. The van der Waals surface area contributed by atoms with Crippen LogP contribution < -0.4 is 0 Å². The molecule has 4 nitrogen and oxygen atoms in total. The molecule has 0 N–H and O–H groups in total. The topological polar surface area (TPSA) is 40.6 Å². The van der Waals surface area contributed by atoms with Crippen LogP contribution in [-0.4, -0.2) is 48.8 Å². The van der Waals surface area contributed by atoms with Gasteiger partial charge in [0.05, 0.1) is 0 Å². The SMILES string of the molecule is CCC(CC(=O)N(C)C)C(=O)N(CC)CC. The number of amides is 2. The average molecular weight is 228 g/mol. The first-order chi connectivity index (χ1) is 7.47. The van der Waals surface area contributed by atoms with Gasteiger partial charge in [0.15, 0.2) is 0 Å². The molecule has 0 saturated carbocycles. The van der Waals surface area contributed by atoms with Crippen molar-refractivity contribution in [1.29, 1.82) is 0 Å². The van der Waals surface area contributed by atoms with Crippen molar-refractivity contribution >= 4 is 11.8 Å². The Labute approximate surface area is 98.6 Å². The first kappa shape index (κ1) is 14.9. The van der Waals surface area contributed by atoms with E-state index in [0.29, 0.717) is 19.5 Å². The molecule has 1 unspecified atom stereocenters. The highest BCUT2D eigenvalue weighted by molar-refractivity contribution is 5.85. The number of nitrogens with zero attached hydrogens (tertiary/aromatic N) is 2. The highest BCUT2D eigenvalue weighted by atomic mass is 16.2. The van der Waals surface area contributed by atoms with Crippen LogP contribution in [-0.2, 0) is 9.59 Å². The van der Waals surface area contributed by atoms with E-state index in [4.69, 9.17) is 0 Å². The second kappa shape index (κ2) is 7.25. The van der Waals surface area contributed by atoms with Gasteiger partial charge in [-0.3, -0.25) is 9.59 Å². The molecule has 4 heteroatoms. The Bertz CT molecular complexity index is 235. The maximum absolute atomic E-state index is 12.0. The van der Waals surface area contributed by atoms with Crippen LogP contribution in [0.5, 0.6) is 0 Å². The van der Waals surface area contributed by atoms with E-state index in [-0.39, 0.29) is 17.7 Å². The quantitative estimate of drug-likeness (QED) is 0.688. The summed E-state index contributed by atoms with van der Waals surface area (Å²) in [6.45, 7) is 7.29. The fourth-order valence-electron chi connectivity index (χ4n) is 1.59. The number of rotatable bonds is 6. The molecule has 0 bridgehead atoms. The molecule has 0 heterocycles. The second-order valence-electron chi connectivity index (χ2n) is 4.11. The predicted molar refractivity (Wildman–Crippen MR) is 65.0 cm³/mol. The average Bonchev–Trinajstić information content (AvgIpc) is 2.26. The Morgan fingerprint density at radius 1 is 1.06 bits per heavy atom. The Morgan fingerprint density at radius 3 is 1.88 bits per heavy atom. The molecule has 0 rings (SSSR count). The molecule has 16 heavy (non-hydrogen) atoms. The molecule has 0 aliphatic rings. The molecule has 0 aromatic rings. The van der Waals surface area contributed by atoms with Crippen molar-refractivity contribution < 1.29 is 9.59 Å². The largest absolute Gasteiger partial charge is 0.349 e. The van der Waals surface area contributed by atoms with E-state index in [9.17, 15) is 9.59 Å².